The summed E-state index contributed by atoms with van der Waals surface area (Å²) in [4.78, 5) is 0. The van der Waals surface area contributed by atoms with Gasteiger partial charge in [0.15, 0.2) is 0 Å². The van der Waals surface area contributed by atoms with Crippen molar-refractivity contribution in [3.8, 4) is 5.75 Å². The summed E-state index contributed by atoms with van der Waals surface area (Å²) in [5, 5.41) is 0.739. The van der Waals surface area contributed by atoms with E-state index in [4.69, 9.17) is 21.1 Å². The first-order chi connectivity index (χ1) is 6.34. The highest BCUT2D eigenvalue weighted by atomic mass is 35.5. The van der Waals surface area contributed by atoms with E-state index in [1.165, 1.54) is 0 Å². The summed E-state index contributed by atoms with van der Waals surface area (Å²) in [6, 6.07) is 5.64. The van der Waals surface area contributed by atoms with Gasteiger partial charge < -0.3 is 9.47 Å². The maximum absolute atomic E-state index is 5.89. The van der Waals surface area contributed by atoms with Gasteiger partial charge in [-0.2, -0.15) is 0 Å². The summed E-state index contributed by atoms with van der Waals surface area (Å²) in [5.74, 6) is 1.09. The van der Waals surface area contributed by atoms with Crippen LogP contribution in [-0.2, 0) is 4.74 Å². The van der Waals surface area contributed by atoms with Crippen LogP contribution in [0.15, 0.2) is 30.5 Å². The molecule has 0 fully saturated rings. The topological polar surface area (TPSA) is 18.5 Å². The average Bonchev–Trinajstić information content (AvgIpc) is 2.64. The minimum atomic E-state index is -0.173. The number of ether oxygens (including phenoxy) is 2. The van der Waals surface area contributed by atoms with Crippen molar-refractivity contribution >= 4 is 11.6 Å². The van der Waals surface area contributed by atoms with Gasteiger partial charge in [-0.1, -0.05) is 11.6 Å². The van der Waals surface area contributed by atoms with Crippen LogP contribution in [0.1, 0.15) is 11.5 Å². The summed E-state index contributed by atoms with van der Waals surface area (Å²) < 4.78 is 10.8. The molecule has 0 spiro atoms. The molecular formula is C10H7ClO2. The quantitative estimate of drug-likeness (QED) is 0.632. The van der Waals surface area contributed by atoms with Crippen LogP contribution in [0.3, 0.4) is 0 Å². The zero-order valence-corrected chi connectivity index (χ0v) is 7.49. The van der Waals surface area contributed by atoms with E-state index < -0.39 is 0 Å². The minimum absolute atomic E-state index is 0.173. The van der Waals surface area contributed by atoms with Crippen LogP contribution in [-0.4, -0.2) is 6.29 Å². The molecule has 2 aliphatic rings. The van der Waals surface area contributed by atoms with Crippen LogP contribution >= 0.6 is 11.6 Å². The molecule has 2 aliphatic heterocycles. The Balaban J connectivity index is 2.14. The van der Waals surface area contributed by atoms with Gasteiger partial charge in [0.1, 0.15) is 5.75 Å². The third-order valence-corrected chi connectivity index (χ3v) is 2.60. The van der Waals surface area contributed by atoms with Crippen molar-refractivity contribution in [1.82, 2.24) is 0 Å². The molecule has 2 heterocycles. The molecule has 0 saturated carbocycles. The van der Waals surface area contributed by atoms with Crippen LogP contribution in [0.5, 0.6) is 5.75 Å². The lowest BCUT2D eigenvalue weighted by molar-refractivity contribution is -0.00478. The van der Waals surface area contributed by atoms with Crippen molar-refractivity contribution in [1.29, 1.82) is 0 Å². The lowest BCUT2D eigenvalue weighted by Crippen LogP contribution is -2.14. The lowest BCUT2D eigenvalue weighted by Gasteiger charge is -2.07. The van der Waals surface area contributed by atoms with Crippen LogP contribution in [0.4, 0.5) is 0 Å². The molecule has 0 aromatic heterocycles. The molecule has 2 nitrogen and oxygen atoms in total. The second kappa shape index (κ2) is 2.42. The molecule has 0 amide bonds. The van der Waals surface area contributed by atoms with Crippen LogP contribution in [0.25, 0.3) is 0 Å². The molecule has 1 aromatic rings. The molecule has 66 valence electrons. The van der Waals surface area contributed by atoms with Gasteiger partial charge in [0, 0.05) is 10.6 Å². The Kier molecular flexibility index (Phi) is 1.35. The number of rotatable bonds is 0. The van der Waals surface area contributed by atoms with Crippen molar-refractivity contribution < 1.29 is 9.47 Å². The zero-order valence-electron chi connectivity index (χ0n) is 6.74. The Labute approximate surface area is 80.7 Å². The maximum atomic E-state index is 5.89. The molecule has 2 atom stereocenters. The van der Waals surface area contributed by atoms with Gasteiger partial charge in [-0.15, -0.1) is 0 Å². The van der Waals surface area contributed by atoms with E-state index in [-0.39, 0.29) is 12.2 Å². The zero-order chi connectivity index (χ0) is 8.84. The Morgan fingerprint density at radius 2 is 2.23 bits per heavy atom. The molecule has 3 rings (SSSR count). The molecular weight excluding hydrogens is 188 g/mol. The van der Waals surface area contributed by atoms with Gasteiger partial charge in [-0.05, 0) is 24.3 Å². The number of halogens is 1. The van der Waals surface area contributed by atoms with Crippen molar-refractivity contribution in [3.05, 3.63) is 41.1 Å². The van der Waals surface area contributed by atoms with E-state index in [1.54, 1.807) is 6.26 Å². The number of hydrogen-bond donors (Lipinski definition) is 0. The second-order valence-electron chi connectivity index (χ2n) is 3.16. The monoisotopic (exact) mass is 194 g/mol. The van der Waals surface area contributed by atoms with E-state index in [0.717, 1.165) is 16.3 Å². The fourth-order valence-corrected chi connectivity index (χ4v) is 1.93. The van der Waals surface area contributed by atoms with Gasteiger partial charge in [0.25, 0.3) is 6.29 Å². The third kappa shape index (κ3) is 0.954. The van der Waals surface area contributed by atoms with E-state index in [0.29, 0.717) is 0 Å². The van der Waals surface area contributed by atoms with Crippen molar-refractivity contribution in [3.63, 3.8) is 0 Å². The Morgan fingerprint density at radius 1 is 1.31 bits per heavy atom. The molecule has 2 unspecified atom stereocenters. The fraction of sp³-hybridized carbons (Fsp3) is 0.200. The van der Waals surface area contributed by atoms with E-state index >= 15 is 0 Å². The summed E-state index contributed by atoms with van der Waals surface area (Å²) >= 11 is 5.89. The highest BCUT2D eigenvalue weighted by molar-refractivity contribution is 6.30. The number of hydrogen-bond acceptors (Lipinski definition) is 2. The lowest BCUT2D eigenvalue weighted by atomic mass is 10.0. The molecule has 0 saturated heterocycles. The molecule has 0 N–H and O–H groups in total. The second-order valence-corrected chi connectivity index (χ2v) is 3.60. The summed E-state index contributed by atoms with van der Waals surface area (Å²) in [6.45, 7) is 0. The minimum Gasteiger partial charge on any atom is -0.462 e. The fourth-order valence-electron chi connectivity index (χ4n) is 1.75. The number of fused-ring (bicyclic) bond motifs is 3. The smallest absolute Gasteiger partial charge is 0.250 e. The standard InChI is InChI=1S/C10H7ClO2/c11-6-1-2-9-8(5-6)7-3-4-12-10(7)13-9/h1-5,7,10H. The van der Waals surface area contributed by atoms with Gasteiger partial charge in [-0.25, -0.2) is 0 Å². The van der Waals surface area contributed by atoms with Crippen molar-refractivity contribution in [2.45, 2.75) is 12.2 Å². The SMILES string of the molecule is Clc1ccc2c(c1)C1C=COC1O2. The van der Waals surface area contributed by atoms with E-state index in [2.05, 4.69) is 0 Å². The molecule has 0 bridgehead atoms. The molecule has 3 heteroatoms. The first kappa shape index (κ1) is 7.27. The number of benzene rings is 1. The summed E-state index contributed by atoms with van der Waals surface area (Å²) in [5.41, 5.74) is 1.12. The van der Waals surface area contributed by atoms with E-state index in [9.17, 15) is 0 Å². The first-order valence-electron chi connectivity index (χ1n) is 4.13. The Morgan fingerprint density at radius 3 is 3.15 bits per heavy atom. The Bertz CT molecular complexity index is 387. The van der Waals surface area contributed by atoms with Gasteiger partial charge >= 0.3 is 0 Å². The average molecular weight is 195 g/mol. The maximum Gasteiger partial charge on any atom is 0.250 e. The Hall–Kier alpha value is -1.15. The molecule has 1 aromatic carbocycles. The molecule has 0 aliphatic carbocycles. The highest BCUT2D eigenvalue weighted by Gasteiger charge is 2.36. The van der Waals surface area contributed by atoms with Gasteiger partial charge in [0.2, 0.25) is 0 Å². The highest BCUT2D eigenvalue weighted by Crippen LogP contribution is 2.43. The largest absolute Gasteiger partial charge is 0.462 e. The van der Waals surface area contributed by atoms with Crippen LogP contribution in [0, 0.1) is 0 Å². The predicted molar refractivity (Wildman–Crippen MR) is 48.8 cm³/mol. The van der Waals surface area contributed by atoms with Crippen LogP contribution < -0.4 is 4.74 Å². The van der Waals surface area contributed by atoms with Gasteiger partial charge in [0.05, 0.1) is 12.2 Å². The molecule has 0 radical (unpaired) electrons. The third-order valence-electron chi connectivity index (χ3n) is 2.37. The summed E-state index contributed by atoms with van der Waals surface area (Å²) in [6.07, 6.45) is 3.50. The van der Waals surface area contributed by atoms with Crippen molar-refractivity contribution in [2.75, 3.05) is 0 Å². The van der Waals surface area contributed by atoms with Gasteiger partial charge in [-0.3, -0.25) is 0 Å². The first-order valence-corrected chi connectivity index (χ1v) is 4.50. The predicted octanol–water partition coefficient (Wildman–Crippen LogP) is 2.69. The summed E-state index contributed by atoms with van der Waals surface area (Å²) in [7, 11) is 0. The molecule has 13 heavy (non-hydrogen) atoms. The normalized spacial score (nSPS) is 27.8. The van der Waals surface area contributed by atoms with Crippen molar-refractivity contribution in [2.24, 2.45) is 0 Å². The van der Waals surface area contributed by atoms with E-state index in [1.807, 2.05) is 24.3 Å². The van der Waals surface area contributed by atoms with Crippen LogP contribution in [0.2, 0.25) is 5.02 Å².